The maximum absolute atomic E-state index is 5.09. The molecule has 1 radical (unpaired) electrons. The van der Waals surface area contributed by atoms with Crippen LogP contribution in [0.25, 0.3) is 33.4 Å². The molecular weight excluding hydrogens is 518 g/mol. The van der Waals surface area contributed by atoms with E-state index in [0.717, 1.165) is 11.4 Å². The zero-order valence-electron chi connectivity index (χ0n) is 28.7. The third-order valence-electron chi connectivity index (χ3n) is 9.37. The van der Waals surface area contributed by atoms with Crippen molar-refractivity contribution in [2.75, 3.05) is 0 Å². The summed E-state index contributed by atoms with van der Waals surface area (Å²) in [5.41, 5.74) is 18.8. The second-order valence-corrected chi connectivity index (χ2v) is 14.7. The van der Waals surface area contributed by atoms with Crippen molar-refractivity contribution in [1.82, 2.24) is 5.32 Å². The monoisotopic (exact) mass is 570 g/mol. The summed E-state index contributed by atoms with van der Waals surface area (Å²) in [6.07, 6.45) is 0. The molecule has 0 spiro atoms. The maximum Gasteiger partial charge on any atom is 0.0716 e. The van der Waals surface area contributed by atoms with Crippen molar-refractivity contribution in [2.45, 2.75) is 119 Å². The standard InChI is InChI=1S/C42H52N/c1-23(2)31-19-33(25(5)6)41(34(20-31)26(7)8)29-13-15-39-37(17-29)38-18-30(14-16-40(38)43-39)42-35(27(9)10)21-32(24(3)4)22-36(42)28(11)12/h13-28H,1-12H3. The Kier molecular flexibility index (Phi) is 8.68. The number of fused-ring (bicyclic) bond motifs is 3. The van der Waals surface area contributed by atoms with E-state index >= 15 is 0 Å². The topological polar surface area (TPSA) is 14.1 Å². The quantitative estimate of drug-likeness (QED) is 0.176. The maximum atomic E-state index is 5.09. The van der Waals surface area contributed by atoms with Gasteiger partial charge in [0.1, 0.15) is 0 Å². The van der Waals surface area contributed by atoms with Crippen LogP contribution >= 0.6 is 0 Å². The first kappa shape index (κ1) is 31.1. The normalized spacial score (nSPS) is 12.7. The van der Waals surface area contributed by atoms with E-state index in [2.05, 4.69) is 144 Å². The van der Waals surface area contributed by atoms with Crippen LogP contribution in [0.15, 0.2) is 60.7 Å². The van der Waals surface area contributed by atoms with Gasteiger partial charge < -0.3 is 0 Å². The van der Waals surface area contributed by atoms with Gasteiger partial charge in [-0.15, -0.1) is 0 Å². The third kappa shape index (κ3) is 5.81. The molecule has 1 heteroatoms. The average Bonchev–Trinajstić information content (AvgIpc) is 3.32. The lowest BCUT2D eigenvalue weighted by molar-refractivity contribution is 0.807. The van der Waals surface area contributed by atoms with Crippen LogP contribution < -0.4 is 5.32 Å². The fourth-order valence-electron chi connectivity index (χ4n) is 6.72. The Morgan fingerprint density at radius 3 is 0.930 bits per heavy atom. The van der Waals surface area contributed by atoms with E-state index in [1.165, 1.54) is 66.8 Å². The van der Waals surface area contributed by atoms with Crippen LogP contribution in [0.3, 0.4) is 0 Å². The Morgan fingerprint density at radius 1 is 0.372 bits per heavy atom. The molecule has 43 heavy (non-hydrogen) atoms. The molecule has 0 bridgehead atoms. The SMILES string of the molecule is CC(C)c1cc(C(C)C)c(-c2ccc3c(c2)-c2cc(-c4c(C(C)C)cc(C(C)C)cc4C(C)C)ccc2[N]3)c(C(C)C)c1. The highest BCUT2D eigenvalue weighted by Gasteiger charge is 2.26. The number of nitrogens with zero attached hydrogens (tertiary/aromatic N) is 1. The van der Waals surface area contributed by atoms with Crippen LogP contribution in [0, 0.1) is 0 Å². The molecule has 1 nitrogen and oxygen atoms in total. The summed E-state index contributed by atoms with van der Waals surface area (Å²) in [6.45, 7) is 27.9. The molecule has 1 heterocycles. The molecule has 4 aromatic carbocycles. The van der Waals surface area contributed by atoms with E-state index < -0.39 is 0 Å². The molecule has 0 N–H and O–H groups in total. The van der Waals surface area contributed by atoms with Crippen LogP contribution in [0.5, 0.6) is 0 Å². The Morgan fingerprint density at radius 2 is 0.674 bits per heavy atom. The van der Waals surface area contributed by atoms with Crippen LogP contribution in [-0.2, 0) is 0 Å². The van der Waals surface area contributed by atoms with Gasteiger partial charge in [0.25, 0.3) is 0 Å². The van der Waals surface area contributed by atoms with Crippen molar-refractivity contribution in [2.24, 2.45) is 0 Å². The number of benzene rings is 4. The minimum Gasteiger partial charge on any atom is -0.248 e. The Hall–Kier alpha value is -3.32. The second kappa shape index (κ2) is 12.0. The van der Waals surface area contributed by atoms with Gasteiger partial charge in [-0.3, -0.25) is 0 Å². The first-order valence-electron chi connectivity index (χ1n) is 16.6. The first-order valence-corrected chi connectivity index (χ1v) is 16.6. The van der Waals surface area contributed by atoms with Gasteiger partial charge in [-0.1, -0.05) is 119 Å². The predicted molar refractivity (Wildman–Crippen MR) is 189 cm³/mol. The summed E-state index contributed by atoms with van der Waals surface area (Å²) >= 11 is 0. The van der Waals surface area contributed by atoms with Crippen molar-refractivity contribution in [3.05, 3.63) is 94.0 Å². The van der Waals surface area contributed by atoms with E-state index in [1.807, 2.05) is 0 Å². The number of hydrogen-bond acceptors (Lipinski definition) is 0. The van der Waals surface area contributed by atoms with Crippen LogP contribution in [0.4, 0.5) is 11.4 Å². The van der Waals surface area contributed by atoms with E-state index in [1.54, 1.807) is 0 Å². The lowest BCUT2D eigenvalue weighted by atomic mass is 9.80. The molecule has 0 unspecified atom stereocenters. The highest BCUT2D eigenvalue weighted by atomic mass is 14.9. The molecule has 0 aromatic heterocycles. The minimum absolute atomic E-state index is 0.445. The van der Waals surface area contributed by atoms with Gasteiger partial charge in [0.15, 0.2) is 0 Å². The van der Waals surface area contributed by atoms with Crippen molar-refractivity contribution >= 4 is 11.4 Å². The van der Waals surface area contributed by atoms with Gasteiger partial charge in [-0.2, -0.15) is 0 Å². The van der Waals surface area contributed by atoms with Crippen molar-refractivity contribution < 1.29 is 0 Å². The molecule has 0 atom stereocenters. The van der Waals surface area contributed by atoms with Crippen molar-refractivity contribution in [3.8, 4) is 33.4 Å². The largest absolute Gasteiger partial charge is 0.248 e. The Bertz CT molecular complexity index is 1460. The molecule has 4 aromatic rings. The molecular formula is C42H52N. The van der Waals surface area contributed by atoms with E-state index in [9.17, 15) is 0 Å². The van der Waals surface area contributed by atoms with Gasteiger partial charge in [-0.25, -0.2) is 5.32 Å². The minimum atomic E-state index is 0.445. The molecule has 5 rings (SSSR count). The van der Waals surface area contributed by atoms with Gasteiger partial charge in [0.2, 0.25) is 0 Å². The Labute approximate surface area is 262 Å². The summed E-state index contributed by atoms with van der Waals surface area (Å²) in [5, 5.41) is 5.09. The zero-order chi connectivity index (χ0) is 31.3. The van der Waals surface area contributed by atoms with Crippen LogP contribution in [-0.4, -0.2) is 0 Å². The fourth-order valence-corrected chi connectivity index (χ4v) is 6.72. The first-order chi connectivity index (χ1) is 20.3. The number of rotatable bonds is 8. The molecule has 1 aliphatic heterocycles. The van der Waals surface area contributed by atoms with Gasteiger partial charge >= 0.3 is 0 Å². The zero-order valence-corrected chi connectivity index (χ0v) is 28.7. The summed E-state index contributed by atoms with van der Waals surface area (Å²) in [7, 11) is 0. The Balaban J connectivity index is 1.71. The highest BCUT2D eigenvalue weighted by molar-refractivity contribution is 5.96. The summed E-state index contributed by atoms with van der Waals surface area (Å²) in [5.74, 6) is 2.80. The van der Waals surface area contributed by atoms with Gasteiger partial charge in [-0.05, 0) is 115 Å². The summed E-state index contributed by atoms with van der Waals surface area (Å²) < 4.78 is 0. The van der Waals surface area contributed by atoms with E-state index in [4.69, 9.17) is 5.32 Å². The summed E-state index contributed by atoms with van der Waals surface area (Å²) in [6, 6.07) is 23.8. The van der Waals surface area contributed by atoms with Gasteiger partial charge in [0.05, 0.1) is 11.4 Å². The molecule has 0 fully saturated rings. The van der Waals surface area contributed by atoms with Crippen molar-refractivity contribution in [1.29, 1.82) is 0 Å². The second-order valence-electron chi connectivity index (χ2n) is 14.7. The lowest BCUT2D eigenvalue weighted by Gasteiger charge is -2.24. The van der Waals surface area contributed by atoms with Gasteiger partial charge in [0, 0.05) is 11.1 Å². The van der Waals surface area contributed by atoms with E-state index in [-0.39, 0.29) is 0 Å². The smallest absolute Gasteiger partial charge is 0.0716 e. The number of hydrogen-bond donors (Lipinski definition) is 0. The molecule has 0 amide bonds. The predicted octanol–water partition coefficient (Wildman–Crippen LogP) is 13.3. The van der Waals surface area contributed by atoms with E-state index in [0.29, 0.717) is 35.5 Å². The molecule has 225 valence electrons. The summed E-state index contributed by atoms with van der Waals surface area (Å²) in [4.78, 5) is 0. The third-order valence-corrected chi connectivity index (χ3v) is 9.37. The molecule has 1 aliphatic rings. The van der Waals surface area contributed by atoms with Crippen LogP contribution in [0.1, 0.15) is 152 Å². The molecule has 0 aliphatic carbocycles. The highest BCUT2D eigenvalue weighted by Crippen LogP contribution is 2.49. The van der Waals surface area contributed by atoms with Crippen LogP contribution in [0.2, 0.25) is 0 Å². The molecule has 0 saturated heterocycles. The fraction of sp³-hybridized carbons (Fsp3) is 0.429. The van der Waals surface area contributed by atoms with Crippen molar-refractivity contribution in [3.63, 3.8) is 0 Å². The molecule has 0 saturated carbocycles. The average molecular weight is 571 g/mol. The lowest BCUT2D eigenvalue weighted by Crippen LogP contribution is -2.04.